The number of aromatic nitrogens is 2. The third-order valence-corrected chi connectivity index (χ3v) is 4.22. The van der Waals surface area contributed by atoms with E-state index in [0.717, 1.165) is 11.8 Å². The van der Waals surface area contributed by atoms with Crippen LogP contribution in [0.4, 0.5) is 0 Å². The maximum Gasteiger partial charge on any atom is 0.228 e. The molecule has 4 nitrogen and oxygen atoms in total. The zero-order valence-electron chi connectivity index (χ0n) is 10.7. The molecule has 0 amide bonds. The van der Waals surface area contributed by atoms with E-state index in [-0.39, 0.29) is 17.1 Å². The second-order valence-corrected chi connectivity index (χ2v) is 6.57. The molecule has 6 heteroatoms. The Morgan fingerprint density at radius 3 is 2.47 bits per heavy atom. The molecule has 0 N–H and O–H groups in total. The van der Waals surface area contributed by atoms with Crippen molar-refractivity contribution in [3.63, 3.8) is 0 Å². The molecule has 1 aromatic heterocycles. The van der Waals surface area contributed by atoms with Gasteiger partial charge >= 0.3 is 0 Å². The van der Waals surface area contributed by atoms with E-state index in [0.29, 0.717) is 5.69 Å². The number of alkyl halides is 1. The molecule has 19 heavy (non-hydrogen) atoms. The predicted molar refractivity (Wildman–Crippen MR) is 75.1 cm³/mol. The molecule has 1 atom stereocenters. The summed E-state index contributed by atoms with van der Waals surface area (Å²) in [4.78, 5) is 4.00. The van der Waals surface area contributed by atoms with Crippen LogP contribution >= 0.6 is 11.6 Å². The lowest BCUT2D eigenvalue weighted by Gasteiger charge is -2.18. The summed E-state index contributed by atoms with van der Waals surface area (Å²) in [6.45, 7) is 1.93. The van der Waals surface area contributed by atoms with E-state index in [2.05, 4.69) is 4.98 Å². The van der Waals surface area contributed by atoms with Gasteiger partial charge in [0.1, 0.15) is 0 Å². The number of imidazole rings is 1. The highest BCUT2D eigenvalue weighted by atomic mass is 35.5. The molecule has 2 rings (SSSR count). The van der Waals surface area contributed by atoms with E-state index in [4.69, 9.17) is 11.6 Å². The SMILES string of the molecule is C[C@H](c1ccccc1)n1c(CCl)cnc1S(C)(=O)=O. The van der Waals surface area contributed by atoms with Crippen molar-refractivity contribution in [2.24, 2.45) is 0 Å². The van der Waals surface area contributed by atoms with Gasteiger partial charge in [-0.2, -0.15) is 0 Å². The highest BCUT2D eigenvalue weighted by Crippen LogP contribution is 2.24. The molecule has 0 saturated heterocycles. The molecule has 0 spiro atoms. The Hall–Kier alpha value is -1.33. The zero-order chi connectivity index (χ0) is 14.0. The van der Waals surface area contributed by atoms with Gasteiger partial charge in [-0.25, -0.2) is 13.4 Å². The van der Waals surface area contributed by atoms with Crippen molar-refractivity contribution in [1.29, 1.82) is 0 Å². The molecule has 0 aliphatic heterocycles. The van der Waals surface area contributed by atoms with Crippen molar-refractivity contribution in [2.45, 2.75) is 24.0 Å². The third kappa shape index (κ3) is 2.82. The molecule has 2 aromatic rings. The van der Waals surface area contributed by atoms with Crippen LogP contribution in [0.1, 0.15) is 24.2 Å². The minimum Gasteiger partial charge on any atom is -0.311 e. The van der Waals surface area contributed by atoms with E-state index in [1.54, 1.807) is 4.57 Å². The largest absolute Gasteiger partial charge is 0.311 e. The summed E-state index contributed by atoms with van der Waals surface area (Å²) in [5, 5.41) is 0.0551. The van der Waals surface area contributed by atoms with E-state index in [1.165, 1.54) is 6.20 Å². The van der Waals surface area contributed by atoms with Gasteiger partial charge < -0.3 is 4.57 Å². The molecule has 0 saturated carbocycles. The van der Waals surface area contributed by atoms with Gasteiger partial charge in [-0.3, -0.25) is 0 Å². The highest BCUT2D eigenvalue weighted by Gasteiger charge is 2.22. The molecule has 0 fully saturated rings. The number of hydrogen-bond donors (Lipinski definition) is 0. The number of hydrogen-bond acceptors (Lipinski definition) is 3. The number of nitrogens with zero attached hydrogens (tertiary/aromatic N) is 2. The summed E-state index contributed by atoms with van der Waals surface area (Å²) in [5.41, 5.74) is 1.70. The average molecular weight is 299 g/mol. The number of rotatable bonds is 4. The Balaban J connectivity index is 2.58. The van der Waals surface area contributed by atoms with Crippen molar-refractivity contribution in [2.75, 3.05) is 6.26 Å². The number of benzene rings is 1. The van der Waals surface area contributed by atoms with Crippen LogP contribution < -0.4 is 0 Å². The van der Waals surface area contributed by atoms with Crippen molar-refractivity contribution in [1.82, 2.24) is 9.55 Å². The average Bonchev–Trinajstić information content (AvgIpc) is 2.82. The minimum absolute atomic E-state index is 0.0551. The van der Waals surface area contributed by atoms with Crippen LogP contribution in [0.25, 0.3) is 0 Å². The van der Waals surface area contributed by atoms with Crippen LogP contribution in [0.15, 0.2) is 41.7 Å². The Morgan fingerprint density at radius 1 is 1.32 bits per heavy atom. The lowest BCUT2D eigenvalue weighted by Crippen LogP contribution is -2.16. The standard InChI is InChI=1S/C13H15ClN2O2S/c1-10(11-6-4-3-5-7-11)16-12(8-14)9-15-13(16)19(2,17)18/h3-7,9-10H,8H2,1-2H3/t10-/m1/s1. The molecular weight excluding hydrogens is 284 g/mol. The van der Waals surface area contributed by atoms with Crippen LogP contribution in [0.2, 0.25) is 0 Å². The Morgan fingerprint density at radius 2 is 1.95 bits per heavy atom. The summed E-state index contributed by atoms with van der Waals surface area (Å²) in [7, 11) is -3.38. The van der Waals surface area contributed by atoms with E-state index < -0.39 is 9.84 Å². The van der Waals surface area contributed by atoms with Gasteiger partial charge in [0.05, 0.1) is 23.8 Å². The monoisotopic (exact) mass is 298 g/mol. The van der Waals surface area contributed by atoms with E-state index in [9.17, 15) is 8.42 Å². The van der Waals surface area contributed by atoms with Crippen LogP contribution in [-0.4, -0.2) is 24.2 Å². The lowest BCUT2D eigenvalue weighted by molar-refractivity contribution is 0.534. The molecule has 102 valence electrons. The normalized spacial score (nSPS) is 13.4. The molecule has 0 aliphatic rings. The Labute approximate surface area is 118 Å². The van der Waals surface area contributed by atoms with Crippen LogP contribution in [0.3, 0.4) is 0 Å². The quantitative estimate of drug-likeness (QED) is 0.815. The maximum absolute atomic E-state index is 11.8. The third-order valence-electron chi connectivity index (χ3n) is 2.98. The highest BCUT2D eigenvalue weighted by molar-refractivity contribution is 7.90. The summed E-state index contributed by atoms with van der Waals surface area (Å²) >= 11 is 5.87. The smallest absolute Gasteiger partial charge is 0.228 e. The van der Waals surface area contributed by atoms with Gasteiger partial charge in [-0.1, -0.05) is 30.3 Å². The van der Waals surface area contributed by atoms with Crippen molar-refractivity contribution in [3.05, 3.63) is 47.8 Å². The van der Waals surface area contributed by atoms with Crippen LogP contribution in [0.5, 0.6) is 0 Å². The first kappa shape index (κ1) is 14.1. The zero-order valence-corrected chi connectivity index (χ0v) is 12.3. The van der Waals surface area contributed by atoms with E-state index >= 15 is 0 Å². The van der Waals surface area contributed by atoms with Crippen LogP contribution in [-0.2, 0) is 15.7 Å². The van der Waals surface area contributed by atoms with Crippen molar-refractivity contribution >= 4 is 21.4 Å². The second kappa shape index (κ2) is 5.35. The maximum atomic E-state index is 11.8. The van der Waals surface area contributed by atoms with Gasteiger partial charge in [0, 0.05) is 6.26 Å². The van der Waals surface area contributed by atoms with Crippen molar-refractivity contribution < 1.29 is 8.42 Å². The van der Waals surface area contributed by atoms with E-state index in [1.807, 2.05) is 37.3 Å². The fraction of sp³-hybridized carbons (Fsp3) is 0.308. The molecule has 0 unspecified atom stereocenters. The Kier molecular flexibility index (Phi) is 3.96. The predicted octanol–water partition coefficient (Wildman–Crippen LogP) is 2.63. The fourth-order valence-corrected chi connectivity index (χ4v) is 3.12. The molecule has 1 aromatic carbocycles. The molecule has 0 aliphatic carbocycles. The fourth-order valence-electron chi connectivity index (χ4n) is 2.05. The second-order valence-electron chi connectivity index (χ2n) is 4.39. The summed E-state index contributed by atoms with van der Waals surface area (Å²) in [6.07, 6.45) is 2.67. The van der Waals surface area contributed by atoms with Crippen LogP contribution in [0, 0.1) is 0 Å². The Bertz CT molecular complexity index is 665. The van der Waals surface area contributed by atoms with Crippen molar-refractivity contribution in [3.8, 4) is 0 Å². The van der Waals surface area contributed by atoms with Gasteiger partial charge in [-0.05, 0) is 12.5 Å². The first-order valence-electron chi connectivity index (χ1n) is 5.82. The molecule has 0 bridgehead atoms. The molecule has 0 radical (unpaired) electrons. The first-order chi connectivity index (χ1) is 8.95. The topological polar surface area (TPSA) is 52.0 Å². The summed E-state index contributed by atoms with van der Waals surface area (Å²) in [6, 6.07) is 9.53. The minimum atomic E-state index is -3.38. The van der Waals surface area contributed by atoms with Gasteiger partial charge in [0.2, 0.25) is 15.0 Å². The lowest BCUT2D eigenvalue weighted by atomic mass is 10.1. The van der Waals surface area contributed by atoms with Gasteiger partial charge in [0.15, 0.2) is 0 Å². The summed E-state index contributed by atoms with van der Waals surface area (Å²) in [5.74, 6) is 0.222. The van der Waals surface area contributed by atoms with Gasteiger partial charge in [0.25, 0.3) is 0 Å². The first-order valence-corrected chi connectivity index (χ1v) is 8.25. The molecule has 1 heterocycles. The summed E-state index contributed by atoms with van der Waals surface area (Å²) < 4.78 is 25.3. The van der Waals surface area contributed by atoms with Gasteiger partial charge in [-0.15, -0.1) is 11.6 Å². The number of halogens is 1. The molecular formula is C13H15ClN2O2S. The number of sulfone groups is 1.